The Hall–Kier alpha value is -3.09. The van der Waals surface area contributed by atoms with Crippen LogP contribution >= 0.6 is 0 Å². The van der Waals surface area contributed by atoms with Crippen LogP contribution in [-0.4, -0.2) is 23.0 Å². The summed E-state index contributed by atoms with van der Waals surface area (Å²) in [4.78, 5) is 36.9. The molecule has 0 saturated heterocycles. The lowest BCUT2D eigenvalue weighted by Gasteiger charge is -2.14. The number of hydrogen-bond donors (Lipinski definition) is 3. The minimum Gasteiger partial charge on any atom is -0.352 e. The molecule has 0 fully saturated rings. The maximum atomic E-state index is 12.4. The lowest BCUT2D eigenvalue weighted by molar-refractivity contribution is 0.0950. The number of nitrogens with one attached hydrogen (secondary N) is 2. The van der Waals surface area contributed by atoms with Gasteiger partial charge in [0, 0.05) is 12.1 Å². The van der Waals surface area contributed by atoms with E-state index in [1.807, 2.05) is 6.92 Å². The first-order chi connectivity index (χ1) is 11.5. The van der Waals surface area contributed by atoms with Gasteiger partial charge in [-0.2, -0.15) is 0 Å². The van der Waals surface area contributed by atoms with E-state index in [0.29, 0.717) is 29.8 Å². The number of carbonyl (C=O) groups excluding carboxylic acids is 2. The molecule has 0 spiro atoms. The van der Waals surface area contributed by atoms with Crippen LogP contribution in [0.1, 0.15) is 33.3 Å². The molecular formula is C17H18N4O3. The van der Waals surface area contributed by atoms with E-state index >= 15 is 0 Å². The fourth-order valence-electron chi connectivity index (χ4n) is 2.71. The van der Waals surface area contributed by atoms with Crippen molar-refractivity contribution in [2.24, 2.45) is 5.92 Å². The normalized spacial score (nSPS) is 16.7. The van der Waals surface area contributed by atoms with Crippen LogP contribution in [-0.2, 0) is 6.42 Å². The first-order valence-corrected chi connectivity index (χ1v) is 7.66. The monoisotopic (exact) mass is 326 g/mol. The van der Waals surface area contributed by atoms with Gasteiger partial charge in [0.1, 0.15) is 5.69 Å². The second-order valence-corrected chi connectivity index (χ2v) is 5.93. The van der Waals surface area contributed by atoms with Gasteiger partial charge in [-0.15, -0.1) is 0 Å². The topological polar surface area (TPSA) is 106 Å². The van der Waals surface area contributed by atoms with E-state index in [1.54, 1.807) is 30.3 Å². The van der Waals surface area contributed by atoms with Crippen molar-refractivity contribution in [3.8, 4) is 0 Å². The summed E-state index contributed by atoms with van der Waals surface area (Å²) in [5.74, 6) is 5.31. The molecule has 0 bridgehead atoms. The van der Waals surface area contributed by atoms with Gasteiger partial charge >= 0.3 is 0 Å². The van der Waals surface area contributed by atoms with Gasteiger partial charge in [-0.3, -0.25) is 14.4 Å². The Balaban J connectivity index is 2.01. The van der Waals surface area contributed by atoms with E-state index in [-0.39, 0.29) is 17.5 Å². The van der Waals surface area contributed by atoms with Gasteiger partial charge in [0.25, 0.3) is 17.4 Å². The minimum absolute atomic E-state index is 0.0187. The first-order valence-electron chi connectivity index (χ1n) is 7.66. The number of hydrogen-bond acceptors (Lipinski definition) is 4. The van der Waals surface area contributed by atoms with Crippen LogP contribution in [0, 0.1) is 5.92 Å². The van der Waals surface area contributed by atoms with E-state index in [2.05, 4.69) is 10.6 Å². The van der Waals surface area contributed by atoms with Gasteiger partial charge in [-0.25, -0.2) is 4.68 Å². The number of nitrogen functional groups attached to an aromatic ring is 1. The van der Waals surface area contributed by atoms with Gasteiger partial charge in [-0.1, -0.05) is 25.1 Å². The minimum atomic E-state index is -0.542. The van der Waals surface area contributed by atoms with Crippen LogP contribution in [0.15, 0.2) is 41.2 Å². The molecule has 2 heterocycles. The van der Waals surface area contributed by atoms with E-state index < -0.39 is 11.5 Å². The molecule has 1 aliphatic rings. The van der Waals surface area contributed by atoms with Crippen molar-refractivity contribution < 1.29 is 9.59 Å². The smallest absolute Gasteiger partial charge is 0.292 e. The van der Waals surface area contributed by atoms with Gasteiger partial charge in [0.05, 0.1) is 11.3 Å². The summed E-state index contributed by atoms with van der Waals surface area (Å²) in [5, 5.41) is 5.32. The largest absolute Gasteiger partial charge is 0.352 e. The zero-order chi connectivity index (χ0) is 17.3. The lowest BCUT2D eigenvalue weighted by Crippen LogP contribution is -2.35. The number of benzene rings is 1. The van der Waals surface area contributed by atoms with E-state index in [9.17, 15) is 14.4 Å². The number of fused-ring (bicyclic) bond motifs is 1. The highest BCUT2D eigenvalue weighted by atomic mass is 16.2. The van der Waals surface area contributed by atoms with Crippen molar-refractivity contribution in [1.29, 1.82) is 0 Å². The van der Waals surface area contributed by atoms with Gasteiger partial charge in [-0.05, 0) is 30.5 Å². The molecule has 2 amide bonds. The molecule has 0 aliphatic carbocycles. The van der Waals surface area contributed by atoms with Crippen molar-refractivity contribution in [3.05, 3.63) is 63.6 Å². The predicted octanol–water partition coefficient (Wildman–Crippen LogP) is 0.736. The summed E-state index contributed by atoms with van der Waals surface area (Å²) in [6, 6.07) is 9.90. The molecule has 1 aliphatic heterocycles. The highest BCUT2D eigenvalue weighted by Crippen LogP contribution is 2.18. The zero-order valence-electron chi connectivity index (χ0n) is 13.2. The molecule has 1 atom stereocenters. The Bertz CT molecular complexity index is 858. The highest BCUT2D eigenvalue weighted by molar-refractivity contribution is 6.05. The standard InChI is InChI=1S/C17H18N4O3/c1-10-7-14-12(16(23)19-9-10)8-13(17(24)21(14)18)20-15(22)11-5-3-2-4-6-11/h2-6,8,10H,7,9,18H2,1H3,(H,19,23)(H,20,22). The summed E-state index contributed by atoms with van der Waals surface area (Å²) < 4.78 is 0.956. The predicted molar refractivity (Wildman–Crippen MR) is 90.4 cm³/mol. The number of anilines is 1. The Labute approximate surface area is 138 Å². The van der Waals surface area contributed by atoms with Crippen molar-refractivity contribution in [2.45, 2.75) is 13.3 Å². The molecule has 24 heavy (non-hydrogen) atoms. The molecular weight excluding hydrogens is 308 g/mol. The van der Waals surface area contributed by atoms with Crippen molar-refractivity contribution in [2.75, 3.05) is 17.7 Å². The summed E-state index contributed by atoms with van der Waals surface area (Å²) in [7, 11) is 0. The van der Waals surface area contributed by atoms with Crippen LogP contribution in [0.25, 0.3) is 0 Å². The highest BCUT2D eigenvalue weighted by Gasteiger charge is 2.24. The SMILES string of the molecule is CC1CNC(=O)c2cc(NC(=O)c3ccccc3)c(=O)n(N)c2C1. The third-order valence-corrected chi connectivity index (χ3v) is 4.02. The van der Waals surface area contributed by atoms with Gasteiger partial charge in [0.2, 0.25) is 0 Å². The van der Waals surface area contributed by atoms with Crippen LogP contribution < -0.4 is 22.0 Å². The molecule has 1 aromatic carbocycles. The molecule has 7 nitrogen and oxygen atoms in total. The maximum Gasteiger partial charge on any atom is 0.292 e. The Morgan fingerprint density at radius 2 is 2.00 bits per heavy atom. The average Bonchev–Trinajstić information content (AvgIpc) is 2.73. The van der Waals surface area contributed by atoms with Crippen LogP contribution in [0.4, 0.5) is 5.69 Å². The number of aromatic nitrogens is 1. The number of pyridine rings is 1. The number of rotatable bonds is 2. The summed E-state index contributed by atoms with van der Waals surface area (Å²) >= 11 is 0. The molecule has 3 rings (SSSR count). The third kappa shape index (κ3) is 2.88. The van der Waals surface area contributed by atoms with Crippen LogP contribution in [0.5, 0.6) is 0 Å². The molecule has 1 unspecified atom stereocenters. The summed E-state index contributed by atoms with van der Waals surface area (Å²) in [6.07, 6.45) is 0.507. The molecule has 1 aromatic heterocycles. The second kappa shape index (κ2) is 6.19. The fraction of sp³-hybridized carbons (Fsp3) is 0.235. The molecule has 2 aromatic rings. The maximum absolute atomic E-state index is 12.4. The molecule has 124 valence electrons. The first kappa shape index (κ1) is 15.8. The van der Waals surface area contributed by atoms with Crippen LogP contribution in [0.3, 0.4) is 0 Å². The van der Waals surface area contributed by atoms with E-state index in [4.69, 9.17) is 5.84 Å². The number of carbonyl (C=O) groups is 2. The Morgan fingerprint density at radius 1 is 1.29 bits per heavy atom. The quantitative estimate of drug-likeness (QED) is 0.708. The Kier molecular flexibility index (Phi) is 4.07. The summed E-state index contributed by atoms with van der Waals surface area (Å²) in [6.45, 7) is 2.47. The fourth-order valence-corrected chi connectivity index (χ4v) is 2.71. The van der Waals surface area contributed by atoms with Crippen molar-refractivity contribution in [3.63, 3.8) is 0 Å². The van der Waals surface area contributed by atoms with Crippen molar-refractivity contribution in [1.82, 2.24) is 9.99 Å². The number of nitrogens with two attached hydrogens (primary N) is 1. The van der Waals surface area contributed by atoms with Crippen LogP contribution in [0.2, 0.25) is 0 Å². The molecule has 7 heteroatoms. The van der Waals surface area contributed by atoms with E-state index in [0.717, 1.165) is 4.68 Å². The summed E-state index contributed by atoms with van der Waals surface area (Å²) in [5.41, 5.74) is 0.633. The van der Waals surface area contributed by atoms with Gasteiger partial charge < -0.3 is 16.5 Å². The van der Waals surface area contributed by atoms with E-state index in [1.165, 1.54) is 6.07 Å². The zero-order valence-corrected chi connectivity index (χ0v) is 13.2. The Morgan fingerprint density at radius 3 is 2.71 bits per heavy atom. The van der Waals surface area contributed by atoms with Gasteiger partial charge in [0.15, 0.2) is 0 Å². The number of nitrogens with zero attached hydrogens (tertiary/aromatic N) is 1. The average molecular weight is 326 g/mol. The number of amides is 2. The second-order valence-electron chi connectivity index (χ2n) is 5.93. The van der Waals surface area contributed by atoms with Crippen molar-refractivity contribution >= 4 is 17.5 Å². The third-order valence-electron chi connectivity index (χ3n) is 4.02. The molecule has 0 radical (unpaired) electrons. The molecule has 0 saturated carbocycles. The molecule has 4 N–H and O–H groups in total. The lowest BCUT2D eigenvalue weighted by atomic mass is 10.0.